The molecule has 0 fully saturated rings. The van der Waals surface area contributed by atoms with Crippen molar-refractivity contribution in [2.75, 3.05) is 18.1 Å². The maximum Gasteiger partial charge on any atom is 0.242 e. The minimum Gasteiger partial charge on any atom is -0.399 e. The Morgan fingerprint density at radius 1 is 1.19 bits per heavy atom. The number of hydrogen-bond acceptors (Lipinski definition) is 4. The average molecular weight is 313 g/mol. The van der Waals surface area contributed by atoms with E-state index in [1.807, 2.05) is 0 Å². The Hall–Kier alpha value is -1.27. The van der Waals surface area contributed by atoms with E-state index in [1.54, 1.807) is 12.1 Å². The van der Waals surface area contributed by atoms with Crippen LogP contribution < -0.4 is 15.8 Å². The van der Waals surface area contributed by atoms with Gasteiger partial charge in [-0.25, -0.2) is 13.1 Å². The van der Waals surface area contributed by atoms with Gasteiger partial charge in [0.2, 0.25) is 10.0 Å². The predicted molar refractivity (Wildman–Crippen MR) is 88.9 cm³/mol. The third-order valence-corrected chi connectivity index (χ3v) is 4.92. The molecule has 0 bridgehead atoms. The second kappa shape index (κ2) is 8.24. The monoisotopic (exact) mass is 313 g/mol. The number of nitrogens with two attached hydrogens (primary N) is 1. The maximum absolute atomic E-state index is 12.1. The molecule has 21 heavy (non-hydrogen) atoms. The first kappa shape index (κ1) is 17.8. The third kappa shape index (κ3) is 5.21. The fourth-order valence-electron chi connectivity index (χ4n) is 2.30. The molecule has 0 aliphatic heterocycles. The highest BCUT2D eigenvalue weighted by Crippen LogP contribution is 2.26. The van der Waals surface area contributed by atoms with Crippen molar-refractivity contribution in [1.29, 1.82) is 0 Å². The van der Waals surface area contributed by atoms with Crippen LogP contribution in [-0.2, 0) is 10.0 Å². The van der Waals surface area contributed by atoms with Gasteiger partial charge in [0.05, 0.1) is 5.69 Å². The number of hydrogen-bond donors (Lipinski definition) is 3. The van der Waals surface area contributed by atoms with Crippen LogP contribution >= 0.6 is 0 Å². The molecular weight excluding hydrogens is 286 g/mol. The summed E-state index contributed by atoms with van der Waals surface area (Å²) >= 11 is 0. The first-order valence-electron chi connectivity index (χ1n) is 7.54. The molecule has 1 unspecified atom stereocenters. The highest BCUT2D eigenvalue weighted by Gasteiger charge is 2.19. The summed E-state index contributed by atoms with van der Waals surface area (Å²) in [6.45, 7) is 4.29. The molecular formula is C15H27N3O2S. The van der Waals surface area contributed by atoms with Crippen molar-refractivity contribution in [2.24, 2.45) is 0 Å². The van der Waals surface area contributed by atoms with Crippen LogP contribution in [0.25, 0.3) is 0 Å². The molecule has 1 aromatic carbocycles. The smallest absolute Gasteiger partial charge is 0.242 e. The van der Waals surface area contributed by atoms with Crippen molar-refractivity contribution < 1.29 is 8.42 Å². The first-order valence-corrected chi connectivity index (χ1v) is 9.02. The maximum atomic E-state index is 12.1. The molecule has 0 amide bonds. The second-order valence-electron chi connectivity index (χ2n) is 5.24. The number of benzene rings is 1. The minimum absolute atomic E-state index is 0.211. The largest absolute Gasteiger partial charge is 0.399 e. The van der Waals surface area contributed by atoms with E-state index in [1.165, 1.54) is 13.1 Å². The number of anilines is 2. The summed E-state index contributed by atoms with van der Waals surface area (Å²) in [5.41, 5.74) is 6.79. The van der Waals surface area contributed by atoms with E-state index < -0.39 is 10.0 Å². The van der Waals surface area contributed by atoms with E-state index in [0.29, 0.717) is 11.4 Å². The summed E-state index contributed by atoms with van der Waals surface area (Å²) < 4.78 is 26.6. The molecule has 0 aromatic heterocycles. The fourth-order valence-corrected chi connectivity index (χ4v) is 3.23. The van der Waals surface area contributed by atoms with Crippen molar-refractivity contribution >= 4 is 21.4 Å². The summed E-state index contributed by atoms with van der Waals surface area (Å²) in [4.78, 5) is 0.211. The molecule has 1 aromatic rings. The zero-order valence-corrected chi connectivity index (χ0v) is 14.0. The van der Waals surface area contributed by atoms with Crippen molar-refractivity contribution in [3.8, 4) is 0 Å². The molecule has 120 valence electrons. The van der Waals surface area contributed by atoms with Crippen LogP contribution in [0.5, 0.6) is 0 Å². The van der Waals surface area contributed by atoms with E-state index in [0.717, 1.165) is 32.1 Å². The van der Waals surface area contributed by atoms with Gasteiger partial charge < -0.3 is 11.1 Å². The Morgan fingerprint density at radius 3 is 2.48 bits per heavy atom. The molecule has 0 aliphatic rings. The van der Waals surface area contributed by atoms with Crippen LogP contribution in [0.4, 0.5) is 11.4 Å². The molecule has 0 saturated carbocycles. The van der Waals surface area contributed by atoms with Crippen molar-refractivity contribution in [1.82, 2.24) is 4.72 Å². The van der Waals surface area contributed by atoms with Gasteiger partial charge in [0.25, 0.3) is 0 Å². The Labute approximate surface area is 128 Å². The molecule has 0 spiro atoms. The van der Waals surface area contributed by atoms with Gasteiger partial charge in [-0.05, 0) is 38.1 Å². The quantitative estimate of drug-likeness (QED) is 0.612. The number of nitrogen functional groups attached to an aromatic ring is 1. The van der Waals surface area contributed by atoms with Crippen LogP contribution in [0.15, 0.2) is 23.1 Å². The highest BCUT2D eigenvalue weighted by atomic mass is 32.2. The number of unbranched alkanes of at least 4 members (excludes halogenated alkanes) is 1. The summed E-state index contributed by atoms with van der Waals surface area (Å²) in [5, 5.41) is 3.38. The number of rotatable bonds is 9. The van der Waals surface area contributed by atoms with Crippen LogP contribution in [0.2, 0.25) is 0 Å². The topological polar surface area (TPSA) is 84.2 Å². The third-order valence-electron chi connectivity index (χ3n) is 3.47. The Balaban J connectivity index is 3.05. The van der Waals surface area contributed by atoms with Gasteiger partial charge in [-0.2, -0.15) is 0 Å². The molecule has 5 nitrogen and oxygen atoms in total. The average Bonchev–Trinajstić information content (AvgIpc) is 2.46. The van der Waals surface area contributed by atoms with E-state index in [2.05, 4.69) is 23.9 Å². The minimum atomic E-state index is -3.52. The second-order valence-corrected chi connectivity index (χ2v) is 7.09. The lowest BCUT2D eigenvalue weighted by molar-refractivity contribution is 0.562. The van der Waals surface area contributed by atoms with Gasteiger partial charge in [-0.15, -0.1) is 0 Å². The van der Waals surface area contributed by atoms with Gasteiger partial charge in [-0.3, -0.25) is 0 Å². The lowest BCUT2D eigenvalue weighted by Gasteiger charge is -2.21. The SMILES string of the molecule is CCCCC(CCC)Nc1ccc(N)cc1S(=O)(=O)NC. The molecule has 0 saturated heterocycles. The highest BCUT2D eigenvalue weighted by molar-refractivity contribution is 7.89. The van der Waals surface area contributed by atoms with Crippen LogP contribution in [0, 0.1) is 0 Å². The van der Waals surface area contributed by atoms with E-state index in [-0.39, 0.29) is 10.9 Å². The molecule has 6 heteroatoms. The molecule has 0 radical (unpaired) electrons. The van der Waals surface area contributed by atoms with Gasteiger partial charge in [0, 0.05) is 11.7 Å². The molecule has 0 aliphatic carbocycles. The van der Waals surface area contributed by atoms with Gasteiger partial charge >= 0.3 is 0 Å². The first-order chi connectivity index (χ1) is 9.94. The normalized spacial score (nSPS) is 13.1. The van der Waals surface area contributed by atoms with Crippen LogP contribution in [0.3, 0.4) is 0 Å². The van der Waals surface area contributed by atoms with Gasteiger partial charge in [0.15, 0.2) is 0 Å². The predicted octanol–water partition coefficient (Wildman–Crippen LogP) is 2.95. The summed E-state index contributed by atoms with van der Waals surface area (Å²) in [5.74, 6) is 0. The molecule has 4 N–H and O–H groups in total. The van der Waals surface area contributed by atoms with Crippen LogP contribution in [-0.4, -0.2) is 21.5 Å². The zero-order valence-electron chi connectivity index (χ0n) is 13.1. The molecule has 1 rings (SSSR count). The number of sulfonamides is 1. The van der Waals surface area contributed by atoms with Gasteiger partial charge in [0.1, 0.15) is 4.90 Å². The Bertz CT molecular complexity index is 544. The Morgan fingerprint density at radius 2 is 1.90 bits per heavy atom. The van der Waals surface area contributed by atoms with Crippen molar-refractivity contribution in [2.45, 2.75) is 56.9 Å². The van der Waals surface area contributed by atoms with E-state index >= 15 is 0 Å². The Kier molecular flexibility index (Phi) is 6.98. The lowest BCUT2D eigenvalue weighted by atomic mass is 10.0. The summed E-state index contributed by atoms with van der Waals surface area (Å²) in [6, 6.07) is 5.25. The van der Waals surface area contributed by atoms with Crippen molar-refractivity contribution in [3.63, 3.8) is 0 Å². The summed E-state index contributed by atoms with van der Waals surface area (Å²) in [6.07, 6.45) is 5.37. The van der Waals surface area contributed by atoms with Crippen LogP contribution in [0.1, 0.15) is 46.0 Å². The standard InChI is InChI=1S/C15H27N3O2S/c1-4-6-8-13(7-5-2)18-14-10-9-12(16)11-15(14)21(19,20)17-3/h9-11,13,17-18H,4-8,16H2,1-3H3. The zero-order chi connectivity index (χ0) is 15.9. The lowest BCUT2D eigenvalue weighted by Crippen LogP contribution is -2.24. The fraction of sp³-hybridized carbons (Fsp3) is 0.600. The number of nitrogens with one attached hydrogen (secondary N) is 2. The van der Waals surface area contributed by atoms with E-state index in [4.69, 9.17) is 5.73 Å². The molecule has 0 heterocycles. The van der Waals surface area contributed by atoms with Gasteiger partial charge in [-0.1, -0.05) is 33.1 Å². The van der Waals surface area contributed by atoms with Crippen molar-refractivity contribution in [3.05, 3.63) is 18.2 Å². The summed E-state index contributed by atoms with van der Waals surface area (Å²) in [7, 11) is -2.12. The van der Waals surface area contributed by atoms with E-state index in [9.17, 15) is 8.42 Å². The molecule has 1 atom stereocenters.